The SMILES string of the molecule is C=C(C)C(=O)OCCCCCC1CCC(c2ccc(-c3ccc(C4O[C@@H](C(=O)OCCCC)[C@H](C(=O)OCCCC)O4)cc3)cc2)CC1. The zero-order valence-electron chi connectivity index (χ0n) is 29.1. The second-order valence-corrected chi connectivity index (χ2v) is 13.2. The van der Waals surface area contributed by atoms with Crippen molar-refractivity contribution in [3.8, 4) is 11.1 Å². The monoisotopic (exact) mass is 662 g/mol. The van der Waals surface area contributed by atoms with Crippen molar-refractivity contribution in [2.24, 2.45) is 5.92 Å². The molecule has 1 aliphatic carbocycles. The van der Waals surface area contributed by atoms with E-state index in [2.05, 4.69) is 30.8 Å². The number of hydrogen-bond acceptors (Lipinski definition) is 8. The number of benzene rings is 2. The van der Waals surface area contributed by atoms with Crippen LogP contribution in [-0.4, -0.2) is 49.9 Å². The van der Waals surface area contributed by atoms with E-state index >= 15 is 0 Å². The van der Waals surface area contributed by atoms with Gasteiger partial charge in [-0.3, -0.25) is 0 Å². The van der Waals surface area contributed by atoms with Gasteiger partial charge in [-0.25, -0.2) is 14.4 Å². The fourth-order valence-corrected chi connectivity index (χ4v) is 6.32. The number of carbonyl (C=O) groups excluding carboxylic acids is 3. The molecule has 0 N–H and O–H groups in total. The van der Waals surface area contributed by atoms with Gasteiger partial charge >= 0.3 is 17.9 Å². The number of ether oxygens (including phenoxy) is 5. The van der Waals surface area contributed by atoms with Crippen LogP contribution in [0.3, 0.4) is 0 Å². The van der Waals surface area contributed by atoms with Crippen LogP contribution in [0, 0.1) is 5.92 Å². The van der Waals surface area contributed by atoms with Gasteiger partial charge in [0.2, 0.25) is 0 Å². The van der Waals surface area contributed by atoms with Crippen molar-refractivity contribution in [1.29, 1.82) is 0 Å². The molecule has 0 aromatic heterocycles. The van der Waals surface area contributed by atoms with Crippen LogP contribution in [0.5, 0.6) is 0 Å². The van der Waals surface area contributed by atoms with Crippen molar-refractivity contribution >= 4 is 17.9 Å². The minimum atomic E-state index is -1.17. The minimum Gasteiger partial charge on any atom is -0.464 e. The topological polar surface area (TPSA) is 97.4 Å². The molecule has 4 rings (SSSR count). The lowest BCUT2D eigenvalue weighted by Crippen LogP contribution is -2.39. The van der Waals surface area contributed by atoms with Crippen molar-refractivity contribution in [2.45, 2.75) is 122 Å². The van der Waals surface area contributed by atoms with Crippen LogP contribution in [0.25, 0.3) is 11.1 Å². The molecule has 8 nitrogen and oxygen atoms in total. The fourth-order valence-electron chi connectivity index (χ4n) is 6.32. The first-order chi connectivity index (χ1) is 23.3. The molecule has 2 aromatic rings. The maximum absolute atomic E-state index is 12.8. The fraction of sp³-hybridized carbons (Fsp3) is 0.575. The Kier molecular flexibility index (Phi) is 15.2. The maximum Gasteiger partial charge on any atom is 0.338 e. The predicted octanol–water partition coefficient (Wildman–Crippen LogP) is 8.78. The summed E-state index contributed by atoms with van der Waals surface area (Å²) in [4.78, 5) is 37.1. The summed E-state index contributed by atoms with van der Waals surface area (Å²) in [5, 5.41) is 0. The van der Waals surface area contributed by atoms with Crippen molar-refractivity contribution in [1.82, 2.24) is 0 Å². The van der Waals surface area contributed by atoms with Gasteiger partial charge in [0.15, 0.2) is 18.5 Å². The molecular weight excluding hydrogens is 608 g/mol. The Morgan fingerprint density at radius 3 is 1.67 bits per heavy atom. The average Bonchev–Trinajstić information content (AvgIpc) is 3.56. The van der Waals surface area contributed by atoms with Crippen LogP contribution in [0.15, 0.2) is 60.7 Å². The van der Waals surface area contributed by atoms with Gasteiger partial charge in [0.1, 0.15) is 0 Å². The van der Waals surface area contributed by atoms with Gasteiger partial charge in [-0.15, -0.1) is 0 Å². The van der Waals surface area contributed by atoms with Gasteiger partial charge < -0.3 is 23.7 Å². The molecule has 8 heteroatoms. The zero-order chi connectivity index (χ0) is 34.3. The van der Waals surface area contributed by atoms with E-state index in [1.807, 2.05) is 38.1 Å². The molecule has 2 aromatic carbocycles. The summed E-state index contributed by atoms with van der Waals surface area (Å²) in [7, 11) is 0. The highest BCUT2D eigenvalue weighted by molar-refractivity contribution is 5.87. The summed E-state index contributed by atoms with van der Waals surface area (Å²) in [6.45, 7) is 10.3. The highest BCUT2D eigenvalue weighted by atomic mass is 16.8. The largest absolute Gasteiger partial charge is 0.464 e. The van der Waals surface area contributed by atoms with Gasteiger partial charge in [0, 0.05) is 11.1 Å². The number of rotatable bonds is 18. The molecule has 48 heavy (non-hydrogen) atoms. The molecule has 2 atom stereocenters. The number of hydrogen-bond donors (Lipinski definition) is 0. The van der Waals surface area contributed by atoms with Crippen LogP contribution in [0.4, 0.5) is 0 Å². The summed E-state index contributed by atoms with van der Waals surface area (Å²) in [5.74, 6) is -0.125. The summed E-state index contributed by atoms with van der Waals surface area (Å²) in [5.41, 5.74) is 4.75. The smallest absolute Gasteiger partial charge is 0.338 e. The third kappa shape index (κ3) is 11.0. The molecule has 0 amide bonds. The molecule has 262 valence electrons. The Bertz CT molecular complexity index is 1280. The first kappa shape index (κ1) is 37.3. The van der Waals surface area contributed by atoms with Crippen LogP contribution in [0.1, 0.15) is 121 Å². The molecule has 0 bridgehead atoms. The number of esters is 3. The van der Waals surface area contributed by atoms with E-state index in [4.69, 9.17) is 23.7 Å². The van der Waals surface area contributed by atoms with E-state index in [0.717, 1.165) is 55.6 Å². The molecule has 2 fully saturated rings. The standard InChI is InChI=1S/C40H54O8/c1-5-7-25-45-38(42)35-36(39(43)46-26-8-6-2)48-40(47-35)34-23-21-33(22-24-34)32-19-17-31(18-20-32)30-15-13-29(14-16-30)12-10-9-11-27-44-37(41)28(3)4/h17-24,29-30,35-36,40H,3,5-16,25-27H2,1-2,4H3/t29?,30?,35-,36-/m1/s1. The van der Waals surface area contributed by atoms with E-state index < -0.39 is 30.4 Å². The molecule has 1 aliphatic heterocycles. The summed E-state index contributed by atoms with van der Waals surface area (Å²) in [6, 6.07) is 16.7. The molecular formula is C40H54O8. The first-order valence-electron chi connectivity index (χ1n) is 18.0. The summed E-state index contributed by atoms with van der Waals surface area (Å²) < 4.78 is 27.8. The van der Waals surface area contributed by atoms with Crippen molar-refractivity contribution in [3.63, 3.8) is 0 Å². The van der Waals surface area contributed by atoms with Crippen LogP contribution >= 0.6 is 0 Å². The third-order valence-corrected chi connectivity index (χ3v) is 9.35. The van der Waals surface area contributed by atoms with Crippen molar-refractivity contribution in [3.05, 3.63) is 71.8 Å². The van der Waals surface area contributed by atoms with E-state index in [-0.39, 0.29) is 19.2 Å². The second-order valence-electron chi connectivity index (χ2n) is 13.2. The Labute approximate surface area is 286 Å². The molecule has 1 saturated carbocycles. The van der Waals surface area contributed by atoms with Crippen LogP contribution in [-0.2, 0) is 38.1 Å². The molecule has 1 heterocycles. The van der Waals surface area contributed by atoms with Gasteiger partial charge in [-0.1, -0.05) is 101 Å². The van der Waals surface area contributed by atoms with E-state index in [1.54, 1.807) is 6.92 Å². The van der Waals surface area contributed by atoms with Crippen molar-refractivity contribution < 1.29 is 38.1 Å². The molecule has 0 spiro atoms. The second kappa shape index (κ2) is 19.5. The molecule has 0 unspecified atom stereocenters. The highest BCUT2D eigenvalue weighted by Gasteiger charge is 2.47. The summed E-state index contributed by atoms with van der Waals surface area (Å²) in [6.07, 6.45) is 9.42. The first-order valence-corrected chi connectivity index (χ1v) is 18.0. The van der Waals surface area contributed by atoms with E-state index in [0.29, 0.717) is 23.7 Å². The quantitative estimate of drug-likeness (QED) is 0.0676. The minimum absolute atomic E-state index is 0.269. The van der Waals surface area contributed by atoms with Crippen molar-refractivity contribution in [2.75, 3.05) is 19.8 Å². The maximum atomic E-state index is 12.8. The third-order valence-electron chi connectivity index (χ3n) is 9.35. The molecule has 0 radical (unpaired) electrons. The number of unbranched alkanes of at least 4 members (excludes halogenated alkanes) is 4. The normalized spacial score (nSPS) is 21.1. The average molecular weight is 663 g/mol. The Balaban J connectivity index is 1.26. The van der Waals surface area contributed by atoms with Gasteiger partial charge in [-0.2, -0.15) is 0 Å². The Morgan fingerprint density at radius 2 is 1.17 bits per heavy atom. The Hall–Kier alpha value is -3.49. The lowest BCUT2D eigenvalue weighted by Gasteiger charge is -2.29. The molecule has 1 saturated heterocycles. The van der Waals surface area contributed by atoms with E-state index in [9.17, 15) is 14.4 Å². The Morgan fingerprint density at radius 1 is 0.667 bits per heavy atom. The summed E-state index contributed by atoms with van der Waals surface area (Å²) >= 11 is 0. The van der Waals surface area contributed by atoms with Crippen LogP contribution in [0.2, 0.25) is 0 Å². The lowest BCUT2D eigenvalue weighted by atomic mass is 9.77. The van der Waals surface area contributed by atoms with Gasteiger partial charge in [0.05, 0.1) is 19.8 Å². The lowest BCUT2D eigenvalue weighted by molar-refractivity contribution is -0.163. The highest BCUT2D eigenvalue weighted by Crippen LogP contribution is 2.39. The van der Waals surface area contributed by atoms with Crippen LogP contribution < -0.4 is 0 Å². The number of carbonyl (C=O) groups is 3. The zero-order valence-corrected chi connectivity index (χ0v) is 29.1. The van der Waals surface area contributed by atoms with E-state index in [1.165, 1.54) is 44.1 Å². The van der Waals surface area contributed by atoms with Gasteiger partial charge in [-0.05, 0) is 80.4 Å². The molecule has 2 aliphatic rings. The van der Waals surface area contributed by atoms with Gasteiger partial charge in [0.25, 0.3) is 0 Å². The predicted molar refractivity (Wildman–Crippen MR) is 185 cm³/mol.